The van der Waals surface area contributed by atoms with Gasteiger partial charge in [0.2, 0.25) is 0 Å². The maximum absolute atomic E-state index is 6.37. The molecule has 0 aliphatic carbocycles. The van der Waals surface area contributed by atoms with Gasteiger partial charge in [-0.05, 0) is 68.1 Å². The van der Waals surface area contributed by atoms with Crippen molar-refractivity contribution < 1.29 is 9.47 Å². The lowest BCUT2D eigenvalue weighted by atomic mass is 9.89. The van der Waals surface area contributed by atoms with Crippen LogP contribution in [0.1, 0.15) is 39.5 Å². The summed E-state index contributed by atoms with van der Waals surface area (Å²) in [5.74, 6) is 0. The highest BCUT2D eigenvalue weighted by molar-refractivity contribution is 5.46. The molecule has 0 fully saturated rings. The highest BCUT2D eigenvalue weighted by atomic mass is 16.5. The van der Waals surface area contributed by atoms with Crippen molar-refractivity contribution >= 4 is 0 Å². The Morgan fingerprint density at radius 2 is 1.24 bits per heavy atom. The predicted molar refractivity (Wildman–Crippen MR) is 104 cm³/mol. The number of likely N-dealkylation sites (N-methyl/N-ethyl adjacent to an activating group) is 1. The van der Waals surface area contributed by atoms with Crippen molar-refractivity contribution in [3.63, 3.8) is 0 Å². The Morgan fingerprint density at radius 1 is 0.760 bits per heavy atom. The lowest BCUT2D eigenvalue weighted by molar-refractivity contribution is 0.0201. The normalized spacial score (nSPS) is 11.3. The smallest absolute Gasteiger partial charge is 0.109 e. The van der Waals surface area contributed by atoms with Gasteiger partial charge in [0, 0.05) is 6.54 Å². The number of hydrogen-bond donors (Lipinski definition) is 1. The van der Waals surface area contributed by atoms with Crippen LogP contribution in [0.2, 0.25) is 0 Å². The summed E-state index contributed by atoms with van der Waals surface area (Å²) in [7, 11) is 1.93. The van der Waals surface area contributed by atoms with Gasteiger partial charge in [0.25, 0.3) is 0 Å². The Bertz CT molecular complexity index is 590. The minimum Gasteiger partial charge on any atom is -0.378 e. The predicted octanol–water partition coefficient (Wildman–Crippen LogP) is 4.26. The molecular weight excluding hydrogens is 310 g/mol. The van der Waals surface area contributed by atoms with Crippen LogP contribution >= 0.6 is 0 Å². The molecule has 0 heterocycles. The molecule has 0 bridgehead atoms. The summed E-state index contributed by atoms with van der Waals surface area (Å²) >= 11 is 0. The average molecular weight is 341 g/mol. The molecule has 1 N–H and O–H groups in total. The van der Waals surface area contributed by atoms with E-state index in [0.717, 1.165) is 6.54 Å². The fourth-order valence-electron chi connectivity index (χ4n) is 3.29. The Labute approximate surface area is 152 Å². The first-order chi connectivity index (χ1) is 12.1. The van der Waals surface area contributed by atoms with E-state index in [-0.39, 0.29) is 6.10 Å². The highest BCUT2D eigenvalue weighted by Crippen LogP contribution is 2.34. The second-order valence-corrected chi connectivity index (χ2v) is 6.58. The molecule has 2 aromatic rings. The third-order valence-electron chi connectivity index (χ3n) is 4.62. The van der Waals surface area contributed by atoms with E-state index < -0.39 is 0 Å². The van der Waals surface area contributed by atoms with Crippen LogP contribution in [0.25, 0.3) is 0 Å². The fourth-order valence-corrected chi connectivity index (χ4v) is 3.29. The van der Waals surface area contributed by atoms with E-state index in [0.29, 0.717) is 19.8 Å². The van der Waals surface area contributed by atoms with Crippen molar-refractivity contribution in [2.75, 3.05) is 33.4 Å². The van der Waals surface area contributed by atoms with Crippen molar-refractivity contribution in [3.05, 3.63) is 69.8 Å². The lowest BCUT2D eigenvalue weighted by Gasteiger charge is -2.26. The number of aryl methyl sites for hydroxylation is 4. The van der Waals surface area contributed by atoms with E-state index >= 15 is 0 Å². The largest absolute Gasteiger partial charge is 0.378 e. The van der Waals surface area contributed by atoms with Crippen molar-refractivity contribution in [2.24, 2.45) is 0 Å². The lowest BCUT2D eigenvalue weighted by Crippen LogP contribution is -2.18. The molecule has 0 radical (unpaired) electrons. The molecule has 0 aliphatic rings. The Hall–Kier alpha value is -1.68. The zero-order chi connectivity index (χ0) is 18.2. The maximum Gasteiger partial charge on any atom is 0.109 e. The van der Waals surface area contributed by atoms with Gasteiger partial charge in [-0.2, -0.15) is 0 Å². The summed E-state index contributed by atoms with van der Waals surface area (Å²) in [6.45, 7) is 11.4. The number of nitrogens with one attached hydrogen (secondary N) is 1. The Balaban J connectivity index is 2.27. The van der Waals surface area contributed by atoms with Crippen LogP contribution in [0.4, 0.5) is 0 Å². The maximum atomic E-state index is 6.37. The molecule has 25 heavy (non-hydrogen) atoms. The number of hydrogen-bond acceptors (Lipinski definition) is 3. The monoisotopic (exact) mass is 341 g/mol. The quantitative estimate of drug-likeness (QED) is 0.691. The molecule has 0 amide bonds. The minimum absolute atomic E-state index is 0.0599. The SMILES string of the molecule is CNCCOCCOC(c1c(C)cccc1C)c1c(C)cccc1C. The summed E-state index contributed by atoms with van der Waals surface area (Å²) in [6.07, 6.45) is -0.0599. The van der Waals surface area contributed by atoms with Gasteiger partial charge in [0.1, 0.15) is 6.10 Å². The molecule has 3 heteroatoms. The van der Waals surface area contributed by atoms with Gasteiger partial charge >= 0.3 is 0 Å². The zero-order valence-corrected chi connectivity index (χ0v) is 16.2. The summed E-state index contributed by atoms with van der Waals surface area (Å²) < 4.78 is 12.0. The number of rotatable bonds is 9. The first-order valence-corrected chi connectivity index (χ1v) is 9.02. The number of benzene rings is 2. The van der Waals surface area contributed by atoms with Crippen molar-refractivity contribution in [1.29, 1.82) is 0 Å². The number of ether oxygens (including phenoxy) is 2. The Morgan fingerprint density at radius 3 is 1.68 bits per heavy atom. The Kier molecular flexibility index (Phi) is 7.63. The van der Waals surface area contributed by atoms with Crippen LogP contribution in [0, 0.1) is 27.7 Å². The van der Waals surface area contributed by atoms with Gasteiger partial charge < -0.3 is 14.8 Å². The van der Waals surface area contributed by atoms with Crippen LogP contribution in [0.15, 0.2) is 36.4 Å². The van der Waals surface area contributed by atoms with Crippen LogP contribution in [-0.4, -0.2) is 33.4 Å². The van der Waals surface area contributed by atoms with Gasteiger partial charge in [-0.15, -0.1) is 0 Å². The second-order valence-electron chi connectivity index (χ2n) is 6.58. The minimum atomic E-state index is -0.0599. The van der Waals surface area contributed by atoms with E-state index in [9.17, 15) is 0 Å². The molecule has 0 atom stereocenters. The van der Waals surface area contributed by atoms with Crippen LogP contribution < -0.4 is 5.32 Å². The van der Waals surface area contributed by atoms with E-state index in [1.165, 1.54) is 33.4 Å². The molecule has 0 spiro atoms. The van der Waals surface area contributed by atoms with Crippen molar-refractivity contribution in [3.8, 4) is 0 Å². The molecule has 0 unspecified atom stereocenters. The van der Waals surface area contributed by atoms with Gasteiger partial charge in [0.15, 0.2) is 0 Å². The van der Waals surface area contributed by atoms with E-state index in [1.807, 2.05) is 7.05 Å². The molecule has 0 aromatic heterocycles. The summed E-state index contributed by atoms with van der Waals surface area (Å²) in [5.41, 5.74) is 7.62. The van der Waals surface area contributed by atoms with Crippen LogP contribution in [-0.2, 0) is 9.47 Å². The summed E-state index contributed by atoms with van der Waals surface area (Å²) in [6, 6.07) is 12.9. The molecule has 2 rings (SSSR count). The third kappa shape index (κ3) is 5.15. The fraction of sp³-hybridized carbons (Fsp3) is 0.455. The molecule has 0 aliphatic heterocycles. The van der Waals surface area contributed by atoms with Crippen LogP contribution in [0.5, 0.6) is 0 Å². The van der Waals surface area contributed by atoms with E-state index in [1.54, 1.807) is 0 Å². The zero-order valence-electron chi connectivity index (χ0n) is 16.2. The molecular formula is C22H31NO2. The van der Waals surface area contributed by atoms with Gasteiger partial charge in [-0.1, -0.05) is 36.4 Å². The highest BCUT2D eigenvalue weighted by Gasteiger charge is 2.22. The van der Waals surface area contributed by atoms with Gasteiger partial charge in [-0.25, -0.2) is 0 Å². The van der Waals surface area contributed by atoms with Gasteiger partial charge in [0.05, 0.1) is 19.8 Å². The van der Waals surface area contributed by atoms with E-state index in [4.69, 9.17) is 9.47 Å². The molecule has 2 aromatic carbocycles. The summed E-state index contributed by atoms with van der Waals surface area (Å²) in [4.78, 5) is 0. The van der Waals surface area contributed by atoms with E-state index in [2.05, 4.69) is 69.4 Å². The standard InChI is InChI=1S/C22H31NO2/c1-16-8-6-9-17(2)20(16)22(25-15-14-24-13-12-23-5)21-18(3)10-7-11-19(21)4/h6-11,22-23H,12-15H2,1-5H3. The second kappa shape index (κ2) is 9.71. The molecule has 136 valence electrons. The van der Waals surface area contributed by atoms with Crippen molar-refractivity contribution in [1.82, 2.24) is 5.32 Å². The summed E-state index contributed by atoms with van der Waals surface area (Å²) in [5, 5.41) is 3.08. The molecule has 0 saturated carbocycles. The van der Waals surface area contributed by atoms with Gasteiger partial charge in [-0.3, -0.25) is 0 Å². The first-order valence-electron chi connectivity index (χ1n) is 9.02. The van der Waals surface area contributed by atoms with Crippen molar-refractivity contribution in [2.45, 2.75) is 33.8 Å². The topological polar surface area (TPSA) is 30.5 Å². The van der Waals surface area contributed by atoms with Crippen LogP contribution in [0.3, 0.4) is 0 Å². The first kappa shape index (κ1) is 19.6. The molecule has 3 nitrogen and oxygen atoms in total. The third-order valence-corrected chi connectivity index (χ3v) is 4.62. The average Bonchev–Trinajstić information content (AvgIpc) is 2.57. The molecule has 0 saturated heterocycles.